The fraction of sp³-hybridized carbons (Fsp3) is 0.667. The van der Waals surface area contributed by atoms with Crippen LogP contribution in [0, 0.1) is 0 Å². The van der Waals surface area contributed by atoms with E-state index in [1.807, 2.05) is 14.0 Å². The van der Waals surface area contributed by atoms with Crippen LogP contribution >= 0.6 is 0 Å². The Labute approximate surface area is 101 Å². The van der Waals surface area contributed by atoms with Crippen LogP contribution in [-0.2, 0) is 23.0 Å². The highest BCUT2D eigenvalue weighted by Gasteiger charge is 2.16. The molecule has 0 radical (unpaired) electrons. The first-order chi connectivity index (χ1) is 8.08. The van der Waals surface area contributed by atoms with E-state index in [9.17, 15) is 9.90 Å². The molecule has 17 heavy (non-hydrogen) atoms. The molecule has 0 saturated heterocycles. The van der Waals surface area contributed by atoms with E-state index < -0.39 is 6.10 Å². The minimum Gasteiger partial charge on any atom is -0.466 e. The van der Waals surface area contributed by atoms with Crippen LogP contribution in [0.3, 0.4) is 0 Å². The molecule has 5 heteroatoms. The molecule has 0 aromatic carbocycles. The average Bonchev–Trinajstić information content (AvgIpc) is 2.68. The highest BCUT2D eigenvalue weighted by molar-refractivity contribution is 5.69. The van der Waals surface area contributed by atoms with E-state index in [-0.39, 0.29) is 12.4 Å². The summed E-state index contributed by atoms with van der Waals surface area (Å²) in [6.07, 6.45) is 2.52. The number of aromatic nitrogens is 2. The minimum absolute atomic E-state index is 0.229. The van der Waals surface area contributed by atoms with E-state index in [1.54, 1.807) is 17.8 Å². The van der Waals surface area contributed by atoms with Crippen molar-refractivity contribution in [1.29, 1.82) is 0 Å². The molecule has 1 N–H and O–H groups in total. The van der Waals surface area contributed by atoms with Gasteiger partial charge in [0.1, 0.15) is 0 Å². The molecule has 0 bridgehead atoms. The number of carbonyl (C=O) groups excluding carboxylic acids is 1. The van der Waals surface area contributed by atoms with Crippen molar-refractivity contribution >= 4 is 5.97 Å². The molecule has 1 atom stereocenters. The molecule has 1 rings (SSSR count). The zero-order chi connectivity index (χ0) is 12.8. The van der Waals surface area contributed by atoms with Gasteiger partial charge in [-0.2, -0.15) is 5.10 Å². The molecule has 1 unspecified atom stereocenters. The standard InChI is InChI=1S/C12H20N2O3/c1-4-10-9(8-14(3)13-10)11(15)6-7-12(16)17-5-2/h8,11,15H,4-7H2,1-3H3. The number of aliphatic hydroxyl groups is 1. The predicted molar refractivity (Wildman–Crippen MR) is 63.4 cm³/mol. The van der Waals surface area contributed by atoms with Crippen LogP contribution in [0.25, 0.3) is 0 Å². The van der Waals surface area contributed by atoms with Crippen LogP contribution in [0.5, 0.6) is 0 Å². The van der Waals surface area contributed by atoms with Gasteiger partial charge in [0.25, 0.3) is 0 Å². The molecule has 0 aliphatic heterocycles. The van der Waals surface area contributed by atoms with E-state index in [1.165, 1.54) is 0 Å². The zero-order valence-electron chi connectivity index (χ0n) is 10.6. The molecular weight excluding hydrogens is 220 g/mol. The molecular formula is C12H20N2O3. The molecule has 1 aromatic rings. The number of esters is 1. The van der Waals surface area contributed by atoms with Gasteiger partial charge in [-0.25, -0.2) is 0 Å². The number of aryl methyl sites for hydroxylation is 2. The number of ether oxygens (including phenoxy) is 1. The van der Waals surface area contributed by atoms with Gasteiger partial charge in [0.2, 0.25) is 0 Å². The summed E-state index contributed by atoms with van der Waals surface area (Å²) in [5.41, 5.74) is 1.68. The Kier molecular flexibility index (Phi) is 5.15. The highest BCUT2D eigenvalue weighted by Crippen LogP contribution is 2.21. The van der Waals surface area contributed by atoms with Gasteiger partial charge in [-0.15, -0.1) is 0 Å². The van der Waals surface area contributed by atoms with Crippen molar-refractivity contribution in [2.45, 2.75) is 39.2 Å². The molecule has 0 saturated carbocycles. The van der Waals surface area contributed by atoms with E-state index in [2.05, 4.69) is 5.10 Å². The van der Waals surface area contributed by atoms with Crippen molar-refractivity contribution in [1.82, 2.24) is 9.78 Å². The number of rotatable bonds is 6. The van der Waals surface area contributed by atoms with E-state index in [0.29, 0.717) is 13.0 Å². The smallest absolute Gasteiger partial charge is 0.305 e. The van der Waals surface area contributed by atoms with Crippen LogP contribution < -0.4 is 0 Å². The van der Waals surface area contributed by atoms with Gasteiger partial charge in [0.05, 0.1) is 18.4 Å². The van der Waals surface area contributed by atoms with Crippen LogP contribution in [0.4, 0.5) is 0 Å². The van der Waals surface area contributed by atoms with Gasteiger partial charge >= 0.3 is 5.97 Å². The maximum Gasteiger partial charge on any atom is 0.305 e. The number of aliphatic hydroxyl groups excluding tert-OH is 1. The lowest BCUT2D eigenvalue weighted by Crippen LogP contribution is -2.07. The van der Waals surface area contributed by atoms with Crippen LogP contribution in [0.2, 0.25) is 0 Å². The predicted octanol–water partition coefficient (Wildman–Crippen LogP) is 1.36. The summed E-state index contributed by atoms with van der Waals surface area (Å²) < 4.78 is 6.50. The van der Waals surface area contributed by atoms with Crippen LogP contribution in [-0.4, -0.2) is 27.5 Å². The first-order valence-electron chi connectivity index (χ1n) is 5.94. The van der Waals surface area contributed by atoms with Gasteiger partial charge in [0.15, 0.2) is 0 Å². The number of hydrogen-bond acceptors (Lipinski definition) is 4. The SMILES string of the molecule is CCOC(=O)CCC(O)c1cn(C)nc1CC. The van der Waals surface area contributed by atoms with Gasteiger partial charge < -0.3 is 9.84 Å². The van der Waals surface area contributed by atoms with Gasteiger partial charge in [-0.1, -0.05) is 6.92 Å². The van der Waals surface area contributed by atoms with Crippen molar-refractivity contribution < 1.29 is 14.6 Å². The topological polar surface area (TPSA) is 64.3 Å². The fourth-order valence-corrected chi connectivity index (χ4v) is 1.75. The highest BCUT2D eigenvalue weighted by atomic mass is 16.5. The van der Waals surface area contributed by atoms with Gasteiger partial charge in [0, 0.05) is 25.2 Å². The Morgan fingerprint density at radius 3 is 2.88 bits per heavy atom. The summed E-state index contributed by atoms with van der Waals surface area (Å²) in [5, 5.41) is 14.3. The number of nitrogens with zero attached hydrogens (tertiary/aromatic N) is 2. The second-order valence-electron chi connectivity index (χ2n) is 3.92. The normalized spacial score (nSPS) is 12.5. The lowest BCUT2D eigenvalue weighted by Gasteiger charge is -2.09. The summed E-state index contributed by atoms with van der Waals surface area (Å²) in [4.78, 5) is 11.2. The molecule has 0 aliphatic rings. The molecule has 0 aliphatic carbocycles. The third-order valence-electron chi connectivity index (χ3n) is 2.56. The second-order valence-corrected chi connectivity index (χ2v) is 3.92. The lowest BCUT2D eigenvalue weighted by molar-refractivity contribution is -0.143. The van der Waals surface area contributed by atoms with Crippen molar-refractivity contribution in [3.8, 4) is 0 Å². The van der Waals surface area contributed by atoms with E-state index in [4.69, 9.17) is 4.74 Å². The Morgan fingerprint density at radius 2 is 2.29 bits per heavy atom. The lowest BCUT2D eigenvalue weighted by atomic mass is 10.0. The first kappa shape index (κ1) is 13.7. The molecule has 0 spiro atoms. The Balaban J connectivity index is 2.57. The van der Waals surface area contributed by atoms with Crippen molar-refractivity contribution in [2.24, 2.45) is 7.05 Å². The Morgan fingerprint density at radius 1 is 1.59 bits per heavy atom. The summed E-state index contributed by atoms with van der Waals surface area (Å²) in [6, 6.07) is 0. The molecule has 1 heterocycles. The molecule has 1 aromatic heterocycles. The maximum atomic E-state index is 11.2. The van der Waals surface area contributed by atoms with Crippen molar-refractivity contribution in [2.75, 3.05) is 6.61 Å². The third-order valence-corrected chi connectivity index (χ3v) is 2.56. The monoisotopic (exact) mass is 240 g/mol. The van der Waals surface area contributed by atoms with Gasteiger partial charge in [-0.05, 0) is 19.8 Å². The Bertz CT molecular complexity index is 374. The fourth-order valence-electron chi connectivity index (χ4n) is 1.75. The van der Waals surface area contributed by atoms with Crippen molar-refractivity contribution in [3.05, 3.63) is 17.5 Å². The van der Waals surface area contributed by atoms with Crippen LogP contribution in [0.15, 0.2) is 6.20 Å². The summed E-state index contributed by atoms with van der Waals surface area (Å²) in [7, 11) is 1.82. The number of carbonyl (C=O) groups is 1. The second kappa shape index (κ2) is 6.39. The number of hydrogen-bond donors (Lipinski definition) is 1. The van der Waals surface area contributed by atoms with Crippen LogP contribution in [0.1, 0.15) is 44.1 Å². The zero-order valence-corrected chi connectivity index (χ0v) is 10.6. The average molecular weight is 240 g/mol. The summed E-state index contributed by atoms with van der Waals surface area (Å²) in [5.74, 6) is -0.270. The summed E-state index contributed by atoms with van der Waals surface area (Å²) in [6.45, 7) is 4.14. The first-order valence-corrected chi connectivity index (χ1v) is 5.94. The van der Waals surface area contributed by atoms with E-state index in [0.717, 1.165) is 17.7 Å². The minimum atomic E-state index is -0.650. The quantitative estimate of drug-likeness (QED) is 0.762. The molecule has 0 amide bonds. The van der Waals surface area contributed by atoms with Crippen molar-refractivity contribution in [3.63, 3.8) is 0 Å². The molecule has 0 fully saturated rings. The maximum absolute atomic E-state index is 11.2. The third kappa shape index (κ3) is 3.85. The van der Waals surface area contributed by atoms with E-state index >= 15 is 0 Å². The largest absolute Gasteiger partial charge is 0.466 e. The molecule has 5 nitrogen and oxygen atoms in total. The van der Waals surface area contributed by atoms with Gasteiger partial charge in [-0.3, -0.25) is 9.48 Å². The molecule has 96 valence electrons. The summed E-state index contributed by atoms with van der Waals surface area (Å²) >= 11 is 0. The Hall–Kier alpha value is -1.36.